The van der Waals surface area contributed by atoms with Gasteiger partial charge in [-0.2, -0.15) is 0 Å². The van der Waals surface area contributed by atoms with E-state index in [4.69, 9.17) is 12.2 Å². The van der Waals surface area contributed by atoms with E-state index in [0.29, 0.717) is 18.1 Å². The Morgan fingerprint density at radius 3 is 2.67 bits per heavy atom. The second-order valence-corrected chi connectivity index (χ2v) is 8.79. The third kappa shape index (κ3) is 4.37. The number of benzene rings is 1. The van der Waals surface area contributed by atoms with Gasteiger partial charge >= 0.3 is 0 Å². The summed E-state index contributed by atoms with van der Waals surface area (Å²) in [4.78, 5) is 20.5. The van der Waals surface area contributed by atoms with Gasteiger partial charge in [0.2, 0.25) is 5.91 Å². The molecule has 1 aromatic carbocycles. The van der Waals surface area contributed by atoms with Crippen LogP contribution in [0.15, 0.2) is 60.1 Å². The number of rotatable bonds is 6. The average Bonchev–Trinajstić information content (AvgIpc) is 3.31. The summed E-state index contributed by atoms with van der Waals surface area (Å²) in [7, 11) is 0. The van der Waals surface area contributed by atoms with Crippen molar-refractivity contribution < 1.29 is 4.79 Å². The van der Waals surface area contributed by atoms with E-state index in [2.05, 4.69) is 38.9 Å². The zero-order valence-electron chi connectivity index (χ0n) is 17.0. The zero-order valence-corrected chi connectivity index (χ0v) is 18.6. The van der Waals surface area contributed by atoms with Crippen molar-refractivity contribution in [2.75, 3.05) is 11.9 Å². The van der Waals surface area contributed by atoms with Gasteiger partial charge in [-0.3, -0.25) is 9.78 Å². The summed E-state index contributed by atoms with van der Waals surface area (Å²) < 4.78 is 0. The number of nitrogens with one attached hydrogen (secondary N) is 2. The molecule has 1 amide bonds. The predicted molar refractivity (Wildman–Crippen MR) is 126 cm³/mol. The normalized spacial score (nSPS) is 18.3. The number of hydrogen-bond acceptors (Lipinski definition) is 4. The van der Waals surface area contributed by atoms with Crippen molar-refractivity contribution >= 4 is 40.3 Å². The highest BCUT2D eigenvalue weighted by molar-refractivity contribution is 7.80. The molecule has 0 aliphatic carbocycles. The largest absolute Gasteiger partial charge is 0.352 e. The molecule has 1 fully saturated rings. The number of thiocarbonyl (C=S) groups is 1. The Kier molecular flexibility index (Phi) is 6.11. The lowest BCUT2D eigenvalue weighted by Gasteiger charge is -2.27. The topological polar surface area (TPSA) is 57.3 Å². The summed E-state index contributed by atoms with van der Waals surface area (Å²) in [5.74, 6) is -0.0235. The average molecular weight is 437 g/mol. The van der Waals surface area contributed by atoms with Crippen LogP contribution in [0, 0.1) is 13.8 Å². The van der Waals surface area contributed by atoms with Gasteiger partial charge < -0.3 is 15.5 Å². The molecule has 2 atom stereocenters. The fraction of sp³-hybridized carbons (Fsp3) is 0.261. The number of nitrogens with zero attached hydrogens (tertiary/aromatic N) is 2. The Bertz CT molecular complexity index is 1030. The molecule has 1 saturated heterocycles. The first-order chi connectivity index (χ1) is 14.5. The fourth-order valence-electron chi connectivity index (χ4n) is 3.70. The van der Waals surface area contributed by atoms with E-state index in [1.54, 1.807) is 17.5 Å². The summed E-state index contributed by atoms with van der Waals surface area (Å²) in [6.45, 7) is 4.68. The van der Waals surface area contributed by atoms with Gasteiger partial charge in [0.25, 0.3) is 0 Å². The van der Waals surface area contributed by atoms with Gasteiger partial charge in [-0.05, 0) is 67.3 Å². The predicted octanol–water partition coefficient (Wildman–Crippen LogP) is 4.76. The highest BCUT2D eigenvalue weighted by Crippen LogP contribution is 2.41. The van der Waals surface area contributed by atoms with Crippen molar-refractivity contribution in [3.05, 3.63) is 81.8 Å². The summed E-state index contributed by atoms with van der Waals surface area (Å²) in [5, 5.41) is 9.17. The molecule has 1 aliphatic rings. The van der Waals surface area contributed by atoms with Gasteiger partial charge in [0.05, 0.1) is 17.8 Å². The van der Waals surface area contributed by atoms with E-state index < -0.39 is 0 Å². The van der Waals surface area contributed by atoms with E-state index in [9.17, 15) is 4.79 Å². The molecule has 0 saturated carbocycles. The van der Waals surface area contributed by atoms with Crippen LogP contribution in [0.3, 0.4) is 0 Å². The smallest absolute Gasteiger partial charge is 0.226 e. The van der Waals surface area contributed by atoms with Crippen molar-refractivity contribution in [3.63, 3.8) is 0 Å². The molecular formula is C23H24N4OS2. The van der Waals surface area contributed by atoms with E-state index in [1.165, 1.54) is 10.4 Å². The van der Waals surface area contributed by atoms with Crippen molar-refractivity contribution in [1.82, 2.24) is 15.2 Å². The molecule has 154 valence electrons. The van der Waals surface area contributed by atoms with Crippen LogP contribution in [0.1, 0.15) is 40.2 Å². The molecule has 4 rings (SSSR count). The molecule has 30 heavy (non-hydrogen) atoms. The molecule has 0 unspecified atom stereocenters. The van der Waals surface area contributed by atoms with Crippen LogP contribution < -0.4 is 10.6 Å². The second kappa shape index (κ2) is 8.93. The monoisotopic (exact) mass is 436 g/mol. The van der Waals surface area contributed by atoms with Crippen molar-refractivity contribution in [1.29, 1.82) is 0 Å². The minimum Gasteiger partial charge on any atom is -0.352 e. The minimum absolute atomic E-state index is 0.0135. The molecule has 2 N–H and O–H groups in total. The third-order valence-electron chi connectivity index (χ3n) is 5.28. The lowest BCUT2D eigenvalue weighted by atomic mass is 10.0. The molecule has 3 aromatic rings. The molecule has 0 spiro atoms. The Morgan fingerprint density at radius 2 is 2.00 bits per heavy atom. The molecule has 1 aliphatic heterocycles. The summed E-state index contributed by atoms with van der Waals surface area (Å²) in [6.07, 6.45) is 2.15. The number of carbonyl (C=O) groups excluding carboxylic acids is 1. The molecule has 5 nitrogen and oxygen atoms in total. The number of amides is 1. The Labute approximate surface area is 186 Å². The van der Waals surface area contributed by atoms with Crippen LogP contribution in [0.5, 0.6) is 0 Å². The maximum Gasteiger partial charge on any atom is 0.226 e. The summed E-state index contributed by atoms with van der Waals surface area (Å²) in [6, 6.07) is 15.8. The van der Waals surface area contributed by atoms with Crippen molar-refractivity contribution in [2.45, 2.75) is 32.4 Å². The van der Waals surface area contributed by atoms with Gasteiger partial charge in [0, 0.05) is 29.7 Å². The van der Waals surface area contributed by atoms with E-state index >= 15 is 0 Å². The first kappa shape index (κ1) is 20.5. The Morgan fingerprint density at radius 1 is 1.20 bits per heavy atom. The van der Waals surface area contributed by atoms with Gasteiger partial charge in [-0.1, -0.05) is 23.8 Å². The lowest BCUT2D eigenvalue weighted by molar-refractivity contribution is -0.116. The SMILES string of the molecule is Cc1ccc(NC(=O)CCN2C(=S)N[C@@H](c3ccccn3)[C@H]2c2sccc2C)cc1. The number of anilines is 1. The second-order valence-electron chi connectivity index (χ2n) is 7.45. The molecule has 0 radical (unpaired) electrons. The first-order valence-electron chi connectivity index (χ1n) is 9.91. The standard InChI is InChI=1S/C23H24N4OS2/c1-15-6-8-17(9-7-15)25-19(28)10-13-27-21(22-16(2)11-14-30-22)20(26-23(27)29)18-5-3-4-12-24-18/h3-9,11-12,14,20-21H,10,13H2,1-2H3,(H,25,28)(H,26,29)/t20-,21-/m0/s1. The highest BCUT2D eigenvalue weighted by Gasteiger charge is 2.40. The van der Waals surface area contributed by atoms with Crippen LogP contribution in [0.4, 0.5) is 5.69 Å². The van der Waals surface area contributed by atoms with Gasteiger partial charge in [-0.15, -0.1) is 11.3 Å². The number of hydrogen-bond donors (Lipinski definition) is 2. The molecule has 3 heterocycles. The quantitative estimate of drug-likeness (QED) is 0.546. The third-order valence-corrected chi connectivity index (χ3v) is 6.73. The number of carbonyl (C=O) groups is 1. The molecular weight excluding hydrogens is 412 g/mol. The fourth-order valence-corrected chi connectivity index (χ4v) is 5.11. The first-order valence-corrected chi connectivity index (χ1v) is 11.2. The number of thiophene rings is 1. The van der Waals surface area contributed by atoms with Gasteiger partial charge in [-0.25, -0.2) is 0 Å². The van der Waals surface area contributed by atoms with E-state index in [0.717, 1.165) is 16.9 Å². The maximum absolute atomic E-state index is 12.6. The minimum atomic E-state index is -0.0452. The van der Waals surface area contributed by atoms with Gasteiger partial charge in [0.15, 0.2) is 5.11 Å². The summed E-state index contributed by atoms with van der Waals surface area (Å²) in [5.41, 5.74) is 4.15. The van der Waals surface area contributed by atoms with E-state index in [1.807, 2.05) is 49.4 Å². The zero-order chi connectivity index (χ0) is 21.1. The van der Waals surface area contributed by atoms with Crippen LogP contribution in [-0.2, 0) is 4.79 Å². The lowest BCUT2D eigenvalue weighted by Crippen LogP contribution is -2.32. The molecule has 7 heteroatoms. The highest BCUT2D eigenvalue weighted by atomic mass is 32.1. The Balaban J connectivity index is 1.52. The summed E-state index contributed by atoms with van der Waals surface area (Å²) >= 11 is 7.39. The van der Waals surface area contributed by atoms with Crippen LogP contribution in [0.25, 0.3) is 0 Å². The van der Waals surface area contributed by atoms with Crippen LogP contribution >= 0.6 is 23.6 Å². The van der Waals surface area contributed by atoms with Gasteiger partial charge in [0.1, 0.15) is 0 Å². The van der Waals surface area contributed by atoms with Crippen LogP contribution in [-0.4, -0.2) is 27.4 Å². The maximum atomic E-state index is 12.6. The Hall–Kier alpha value is -2.77. The van der Waals surface area contributed by atoms with E-state index in [-0.39, 0.29) is 18.0 Å². The number of aromatic nitrogens is 1. The molecule has 2 aromatic heterocycles. The number of pyridine rings is 1. The van der Waals surface area contributed by atoms with Crippen LogP contribution in [0.2, 0.25) is 0 Å². The number of aryl methyl sites for hydroxylation is 2. The molecule has 0 bridgehead atoms. The van der Waals surface area contributed by atoms with Crippen molar-refractivity contribution in [3.8, 4) is 0 Å². The van der Waals surface area contributed by atoms with Crippen molar-refractivity contribution in [2.24, 2.45) is 0 Å².